The van der Waals surface area contributed by atoms with Crippen LogP contribution < -0.4 is 16.8 Å². The Balaban J connectivity index is 1.67. The van der Waals surface area contributed by atoms with Crippen LogP contribution in [0.4, 0.5) is 5.82 Å². The van der Waals surface area contributed by atoms with Crippen molar-refractivity contribution < 1.29 is 0 Å². The fourth-order valence-corrected chi connectivity index (χ4v) is 2.45. The molecule has 0 saturated heterocycles. The molecule has 0 spiro atoms. The fraction of sp³-hybridized carbons (Fsp3) is 0.267. The minimum absolute atomic E-state index is 0.434. The predicted molar refractivity (Wildman–Crippen MR) is 82.7 cm³/mol. The number of nitrogens with two attached hydrogens (primary N) is 2. The monoisotopic (exact) mass is 282 g/mol. The van der Waals surface area contributed by atoms with Crippen LogP contribution in [-0.4, -0.2) is 21.6 Å². The Morgan fingerprint density at radius 2 is 1.95 bits per heavy atom. The number of fused-ring (bicyclic) bond motifs is 1. The summed E-state index contributed by atoms with van der Waals surface area (Å²) in [6.07, 6.45) is 7.79. The van der Waals surface area contributed by atoms with E-state index in [2.05, 4.69) is 20.3 Å². The minimum Gasteiger partial charge on any atom is -0.383 e. The van der Waals surface area contributed by atoms with Gasteiger partial charge in [0.05, 0.1) is 5.56 Å². The molecule has 3 heterocycles. The third-order valence-electron chi connectivity index (χ3n) is 3.51. The first-order valence-corrected chi connectivity index (χ1v) is 6.93. The summed E-state index contributed by atoms with van der Waals surface area (Å²) in [4.78, 5) is 12.7. The van der Waals surface area contributed by atoms with E-state index in [-0.39, 0.29) is 0 Å². The lowest BCUT2D eigenvalue weighted by atomic mass is 10.0. The number of nitrogens with zero attached hydrogens (tertiary/aromatic N) is 3. The zero-order valence-corrected chi connectivity index (χ0v) is 11.7. The van der Waals surface area contributed by atoms with Gasteiger partial charge < -0.3 is 11.1 Å². The number of anilines is 1. The lowest BCUT2D eigenvalue weighted by Gasteiger charge is -2.32. The van der Waals surface area contributed by atoms with Crippen LogP contribution in [0.3, 0.4) is 0 Å². The lowest BCUT2D eigenvalue weighted by Crippen LogP contribution is -2.50. The molecule has 3 rings (SSSR count). The van der Waals surface area contributed by atoms with Gasteiger partial charge in [0.25, 0.3) is 0 Å². The van der Waals surface area contributed by atoms with Crippen molar-refractivity contribution in [2.75, 3.05) is 5.32 Å². The first-order valence-electron chi connectivity index (χ1n) is 6.93. The van der Waals surface area contributed by atoms with Crippen molar-refractivity contribution in [3.63, 3.8) is 0 Å². The van der Waals surface area contributed by atoms with Crippen molar-refractivity contribution in [3.05, 3.63) is 54.0 Å². The van der Waals surface area contributed by atoms with Crippen molar-refractivity contribution in [2.24, 2.45) is 16.5 Å². The van der Waals surface area contributed by atoms with Crippen LogP contribution in [0.1, 0.15) is 24.0 Å². The number of aryl methyl sites for hydroxylation is 1. The maximum Gasteiger partial charge on any atom is 0.185 e. The quantitative estimate of drug-likeness (QED) is 0.783. The third kappa shape index (κ3) is 3.00. The van der Waals surface area contributed by atoms with E-state index in [1.54, 1.807) is 18.6 Å². The molecule has 1 unspecified atom stereocenters. The van der Waals surface area contributed by atoms with Crippen molar-refractivity contribution in [1.82, 2.24) is 9.97 Å². The van der Waals surface area contributed by atoms with Gasteiger partial charge >= 0.3 is 0 Å². The van der Waals surface area contributed by atoms with Gasteiger partial charge in [-0.25, -0.2) is 9.98 Å². The van der Waals surface area contributed by atoms with Gasteiger partial charge in [-0.15, -0.1) is 0 Å². The fourth-order valence-electron chi connectivity index (χ4n) is 2.45. The van der Waals surface area contributed by atoms with Gasteiger partial charge in [0, 0.05) is 25.0 Å². The number of amidine groups is 1. The van der Waals surface area contributed by atoms with Crippen LogP contribution in [0.5, 0.6) is 0 Å². The highest BCUT2D eigenvalue weighted by Crippen LogP contribution is 2.24. The number of pyridine rings is 2. The van der Waals surface area contributed by atoms with E-state index in [1.807, 2.05) is 24.3 Å². The second-order valence-electron chi connectivity index (χ2n) is 5.15. The molecule has 0 bridgehead atoms. The maximum atomic E-state index is 6.30. The van der Waals surface area contributed by atoms with E-state index in [4.69, 9.17) is 11.5 Å². The minimum atomic E-state index is -0.890. The van der Waals surface area contributed by atoms with Crippen LogP contribution in [0.2, 0.25) is 0 Å². The Morgan fingerprint density at radius 1 is 1.14 bits per heavy atom. The lowest BCUT2D eigenvalue weighted by molar-refractivity contribution is 0.447. The van der Waals surface area contributed by atoms with E-state index in [9.17, 15) is 0 Å². The molecule has 0 aliphatic carbocycles. The summed E-state index contributed by atoms with van der Waals surface area (Å²) in [6.45, 7) is 0. The molecule has 6 heteroatoms. The first kappa shape index (κ1) is 13.5. The van der Waals surface area contributed by atoms with Crippen molar-refractivity contribution in [3.8, 4) is 0 Å². The summed E-state index contributed by atoms with van der Waals surface area (Å²) < 4.78 is 0. The molecule has 6 nitrogen and oxygen atoms in total. The first-order chi connectivity index (χ1) is 10.2. The van der Waals surface area contributed by atoms with Crippen molar-refractivity contribution in [2.45, 2.75) is 25.0 Å². The molecule has 1 aliphatic rings. The van der Waals surface area contributed by atoms with Gasteiger partial charge in [-0.2, -0.15) is 0 Å². The molecule has 0 aromatic carbocycles. The molecular weight excluding hydrogens is 264 g/mol. The summed E-state index contributed by atoms with van der Waals surface area (Å²) in [5.41, 5.74) is 14.3. The summed E-state index contributed by atoms with van der Waals surface area (Å²) in [6, 6.07) is 7.72. The molecule has 2 aromatic rings. The number of hydrogen-bond acceptors (Lipinski definition) is 6. The highest BCUT2D eigenvalue weighted by molar-refractivity contribution is 6.03. The van der Waals surface area contributed by atoms with Gasteiger partial charge in [-0.1, -0.05) is 0 Å². The summed E-state index contributed by atoms with van der Waals surface area (Å²) in [5.74, 6) is 0.234. The molecule has 1 aliphatic heterocycles. The summed E-state index contributed by atoms with van der Waals surface area (Å²) in [7, 11) is 0. The molecule has 0 amide bonds. The Hall–Kier alpha value is -2.47. The smallest absolute Gasteiger partial charge is 0.185 e. The van der Waals surface area contributed by atoms with E-state index in [0.29, 0.717) is 18.1 Å². The molecule has 0 saturated carbocycles. The zero-order chi connectivity index (χ0) is 14.7. The second kappa shape index (κ2) is 5.49. The molecule has 0 fully saturated rings. The largest absolute Gasteiger partial charge is 0.383 e. The summed E-state index contributed by atoms with van der Waals surface area (Å²) >= 11 is 0. The van der Waals surface area contributed by atoms with Crippen LogP contribution in [0, 0.1) is 0 Å². The Bertz CT molecular complexity index is 654. The highest BCUT2D eigenvalue weighted by Gasteiger charge is 2.30. The molecule has 1 atom stereocenters. The van der Waals surface area contributed by atoms with Gasteiger partial charge in [0.2, 0.25) is 0 Å². The van der Waals surface area contributed by atoms with E-state index >= 15 is 0 Å². The molecular formula is C15H18N6. The number of aliphatic imine (C=N–C) groups is 1. The topological polar surface area (TPSA) is 102 Å². The molecule has 5 N–H and O–H groups in total. The molecule has 108 valence electrons. The van der Waals surface area contributed by atoms with Gasteiger partial charge in [0.15, 0.2) is 5.79 Å². The Labute approximate surface area is 123 Å². The van der Waals surface area contributed by atoms with Crippen molar-refractivity contribution in [1.29, 1.82) is 0 Å². The van der Waals surface area contributed by atoms with Crippen LogP contribution in [-0.2, 0) is 6.42 Å². The zero-order valence-electron chi connectivity index (χ0n) is 11.7. The van der Waals surface area contributed by atoms with E-state index < -0.39 is 5.79 Å². The number of aromatic nitrogens is 2. The number of hydrogen-bond donors (Lipinski definition) is 3. The number of nitrogens with one attached hydrogen (secondary N) is 1. The molecule has 21 heavy (non-hydrogen) atoms. The highest BCUT2D eigenvalue weighted by atomic mass is 15.3. The van der Waals surface area contributed by atoms with Crippen LogP contribution >= 0.6 is 0 Å². The summed E-state index contributed by atoms with van der Waals surface area (Å²) in [5, 5.41) is 3.18. The van der Waals surface area contributed by atoms with Gasteiger partial charge in [-0.05, 0) is 42.7 Å². The standard InChI is InChI=1S/C15H18N6/c16-13-12-4-2-8-19-14(12)21-15(17,20-13)7-1-3-11-5-9-18-10-6-11/h2,4-6,8-10H,1,3,7,17H2,(H2,16,20)(H,19,21). The SMILES string of the molecule is NC1=NC(N)(CCCc2ccncc2)Nc2ncccc21. The van der Waals surface area contributed by atoms with E-state index in [0.717, 1.165) is 18.4 Å². The number of rotatable bonds is 4. The average molecular weight is 282 g/mol. The predicted octanol–water partition coefficient (Wildman–Crippen LogP) is 1.24. The van der Waals surface area contributed by atoms with Gasteiger partial charge in [0.1, 0.15) is 11.7 Å². The van der Waals surface area contributed by atoms with Crippen LogP contribution in [0.15, 0.2) is 47.8 Å². The molecule has 0 radical (unpaired) electrons. The molecule has 2 aromatic heterocycles. The Morgan fingerprint density at radius 3 is 2.76 bits per heavy atom. The van der Waals surface area contributed by atoms with E-state index in [1.165, 1.54) is 5.56 Å². The van der Waals surface area contributed by atoms with Crippen LogP contribution in [0.25, 0.3) is 0 Å². The van der Waals surface area contributed by atoms with Gasteiger partial charge in [-0.3, -0.25) is 10.7 Å². The van der Waals surface area contributed by atoms with Crippen molar-refractivity contribution >= 4 is 11.7 Å². The third-order valence-corrected chi connectivity index (χ3v) is 3.51. The average Bonchev–Trinajstić information content (AvgIpc) is 2.48. The normalized spacial score (nSPS) is 20.3. The maximum absolute atomic E-state index is 6.30. The Kier molecular flexibility index (Phi) is 3.53. The second-order valence-corrected chi connectivity index (χ2v) is 5.15.